The molecule has 0 spiro atoms. The number of ketones is 1. The van der Waals surface area contributed by atoms with Gasteiger partial charge in [-0.05, 0) is 32.3 Å². The molecule has 0 atom stereocenters. The van der Waals surface area contributed by atoms with E-state index >= 15 is 0 Å². The first-order chi connectivity index (χ1) is 8.15. The Morgan fingerprint density at radius 2 is 1.94 bits per heavy atom. The van der Waals surface area contributed by atoms with Crippen LogP contribution in [0.25, 0.3) is 0 Å². The third-order valence-electron chi connectivity index (χ3n) is 2.27. The molecule has 0 aliphatic carbocycles. The Morgan fingerprint density at radius 3 is 2.41 bits per heavy atom. The molecule has 0 saturated heterocycles. The first-order valence-corrected chi connectivity index (χ1v) is 5.91. The molecule has 2 heteroatoms. The van der Waals surface area contributed by atoms with E-state index in [2.05, 4.69) is 0 Å². The summed E-state index contributed by atoms with van der Waals surface area (Å²) in [6.07, 6.45) is 12.4. The number of halogens is 1. The fourth-order valence-corrected chi connectivity index (χ4v) is 1.35. The maximum Gasteiger partial charge on any atom is 0.159 e. The van der Waals surface area contributed by atoms with Crippen LogP contribution in [0.5, 0.6) is 0 Å². The van der Waals surface area contributed by atoms with E-state index in [-0.39, 0.29) is 5.78 Å². The number of hydrogen-bond acceptors (Lipinski definition) is 1. The number of carbonyl (C=O) groups excluding carboxylic acids is 1. The summed E-state index contributed by atoms with van der Waals surface area (Å²) in [5.74, 6) is 0.0735. The number of Topliss-reactive ketones (excluding diaryl/α,β-unsaturated/α-hetero) is 1. The molecule has 0 fully saturated rings. The second-order valence-corrected chi connectivity index (χ2v) is 3.65. The molecule has 17 heavy (non-hydrogen) atoms. The molecule has 0 amide bonds. The fraction of sp³-hybridized carbons (Fsp3) is 0.400. The molecule has 0 saturated carbocycles. The standard InChI is InChI=1S/C15H21FO/c1-4-8-15(13(3)17)11-6-9-14(5-2)10-7-12-16/h5-8,10-11H,4,9,12H2,1-3H3/b10-7-,11-6-,14-5-,15-8+. The van der Waals surface area contributed by atoms with Crippen LogP contribution in [-0.2, 0) is 4.79 Å². The second-order valence-electron chi connectivity index (χ2n) is 3.65. The van der Waals surface area contributed by atoms with E-state index in [4.69, 9.17) is 0 Å². The van der Waals surface area contributed by atoms with Crippen LogP contribution < -0.4 is 0 Å². The Morgan fingerprint density at radius 1 is 1.24 bits per heavy atom. The fourth-order valence-electron chi connectivity index (χ4n) is 1.35. The third-order valence-corrected chi connectivity index (χ3v) is 2.27. The second kappa shape index (κ2) is 9.76. The van der Waals surface area contributed by atoms with Crippen LogP contribution >= 0.6 is 0 Å². The van der Waals surface area contributed by atoms with Gasteiger partial charge in [-0.25, -0.2) is 4.39 Å². The Hall–Kier alpha value is -1.44. The van der Waals surface area contributed by atoms with Crippen molar-refractivity contribution in [2.45, 2.75) is 33.6 Å². The Kier molecular flexibility index (Phi) is 8.94. The van der Waals surface area contributed by atoms with Crippen molar-refractivity contribution in [3.05, 3.63) is 47.6 Å². The zero-order valence-electron chi connectivity index (χ0n) is 10.9. The van der Waals surface area contributed by atoms with Crippen molar-refractivity contribution >= 4 is 5.78 Å². The van der Waals surface area contributed by atoms with E-state index in [1.165, 1.54) is 6.08 Å². The highest BCUT2D eigenvalue weighted by Gasteiger charge is 1.97. The van der Waals surface area contributed by atoms with Crippen molar-refractivity contribution in [1.29, 1.82) is 0 Å². The maximum absolute atomic E-state index is 12.0. The van der Waals surface area contributed by atoms with Crippen LogP contribution in [0, 0.1) is 0 Å². The minimum absolute atomic E-state index is 0.0735. The number of alkyl halides is 1. The molecule has 1 nitrogen and oxygen atoms in total. The Balaban J connectivity index is 4.48. The van der Waals surface area contributed by atoms with Gasteiger partial charge in [0.2, 0.25) is 0 Å². The van der Waals surface area contributed by atoms with E-state index in [0.29, 0.717) is 6.42 Å². The molecule has 0 bridgehead atoms. The van der Waals surface area contributed by atoms with Gasteiger partial charge in [-0.1, -0.05) is 43.4 Å². The average Bonchev–Trinajstić information content (AvgIpc) is 2.31. The normalized spacial score (nSPS) is 13.9. The number of carbonyl (C=O) groups is 1. The monoisotopic (exact) mass is 236 g/mol. The van der Waals surface area contributed by atoms with E-state index < -0.39 is 6.67 Å². The molecule has 0 heterocycles. The van der Waals surface area contributed by atoms with Crippen LogP contribution in [0.2, 0.25) is 0 Å². The summed E-state index contributed by atoms with van der Waals surface area (Å²) >= 11 is 0. The first-order valence-electron chi connectivity index (χ1n) is 5.91. The van der Waals surface area contributed by atoms with E-state index in [1.807, 2.05) is 38.2 Å². The van der Waals surface area contributed by atoms with Gasteiger partial charge in [0.15, 0.2) is 5.78 Å². The smallest absolute Gasteiger partial charge is 0.159 e. The average molecular weight is 236 g/mol. The molecule has 0 rings (SSSR count). The summed E-state index contributed by atoms with van der Waals surface area (Å²) in [4.78, 5) is 11.3. The Labute approximate surface area is 103 Å². The largest absolute Gasteiger partial charge is 0.295 e. The zero-order valence-corrected chi connectivity index (χ0v) is 10.9. The highest BCUT2D eigenvalue weighted by molar-refractivity contribution is 5.95. The van der Waals surface area contributed by atoms with E-state index in [1.54, 1.807) is 13.0 Å². The van der Waals surface area contributed by atoms with E-state index in [0.717, 1.165) is 17.6 Å². The summed E-state index contributed by atoms with van der Waals surface area (Å²) in [5, 5.41) is 0. The van der Waals surface area contributed by atoms with E-state index in [9.17, 15) is 9.18 Å². The minimum atomic E-state index is -0.449. The third kappa shape index (κ3) is 7.45. The lowest BCUT2D eigenvalue weighted by molar-refractivity contribution is -0.113. The lowest BCUT2D eigenvalue weighted by atomic mass is 10.1. The molecule has 0 radical (unpaired) electrons. The molecule has 0 N–H and O–H groups in total. The zero-order chi connectivity index (χ0) is 13.1. The van der Waals surface area contributed by atoms with Crippen molar-refractivity contribution in [1.82, 2.24) is 0 Å². The summed E-state index contributed by atoms with van der Waals surface area (Å²) in [5.41, 5.74) is 1.77. The van der Waals surface area contributed by atoms with Crippen LogP contribution in [0.3, 0.4) is 0 Å². The molecular formula is C15H21FO. The van der Waals surface area contributed by atoms with Gasteiger partial charge < -0.3 is 0 Å². The van der Waals surface area contributed by atoms with Gasteiger partial charge in [0, 0.05) is 5.57 Å². The van der Waals surface area contributed by atoms with Crippen LogP contribution in [0.1, 0.15) is 33.6 Å². The van der Waals surface area contributed by atoms with Crippen molar-refractivity contribution in [2.75, 3.05) is 6.67 Å². The lowest BCUT2D eigenvalue weighted by Gasteiger charge is -1.97. The topological polar surface area (TPSA) is 17.1 Å². The van der Waals surface area contributed by atoms with Crippen molar-refractivity contribution in [3.63, 3.8) is 0 Å². The summed E-state index contributed by atoms with van der Waals surface area (Å²) in [6, 6.07) is 0. The first kappa shape index (κ1) is 15.6. The lowest BCUT2D eigenvalue weighted by Crippen LogP contribution is -1.92. The summed E-state index contributed by atoms with van der Waals surface area (Å²) in [7, 11) is 0. The molecule has 0 aliphatic rings. The van der Waals surface area contributed by atoms with Crippen LogP contribution in [0.15, 0.2) is 47.6 Å². The van der Waals surface area contributed by atoms with Gasteiger partial charge in [-0.3, -0.25) is 4.79 Å². The number of allylic oxidation sites excluding steroid dienone is 8. The molecule has 0 aliphatic heterocycles. The molecule has 0 aromatic rings. The van der Waals surface area contributed by atoms with Gasteiger partial charge in [-0.15, -0.1) is 0 Å². The molecule has 0 aromatic heterocycles. The van der Waals surface area contributed by atoms with Gasteiger partial charge in [0.05, 0.1) is 0 Å². The predicted molar refractivity (Wildman–Crippen MR) is 71.7 cm³/mol. The maximum atomic E-state index is 12.0. The van der Waals surface area contributed by atoms with Gasteiger partial charge >= 0.3 is 0 Å². The van der Waals surface area contributed by atoms with Crippen molar-refractivity contribution in [3.8, 4) is 0 Å². The van der Waals surface area contributed by atoms with Gasteiger partial charge in [0.1, 0.15) is 6.67 Å². The van der Waals surface area contributed by atoms with Crippen molar-refractivity contribution < 1.29 is 9.18 Å². The van der Waals surface area contributed by atoms with Crippen molar-refractivity contribution in [2.24, 2.45) is 0 Å². The summed E-state index contributed by atoms with van der Waals surface area (Å²) in [6.45, 7) is 5.03. The highest BCUT2D eigenvalue weighted by Crippen LogP contribution is 2.07. The van der Waals surface area contributed by atoms with Gasteiger partial charge in [0.25, 0.3) is 0 Å². The Bertz CT molecular complexity index is 346. The molecule has 94 valence electrons. The molecule has 0 unspecified atom stereocenters. The molecule has 0 aromatic carbocycles. The number of rotatable bonds is 7. The quantitative estimate of drug-likeness (QED) is 0.475. The van der Waals surface area contributed by atoms with Crippen LogP contribution in [-0.4, -0.2) is 12.5 Å². The SMILES string of the molecule is C/C=C(\C=C/CF)C/C=C\C(=C/CC)C(C)=O. The minimum Gasteiger partial charge on any atom is -0.295 e. The highest BCUT2D eigenvalue weighted by atomic mass is 19.1. The molecular weight excluding hydrogens is 215 g/mol. The van der Waals surface area contributed by atoms with Crippen LogP contribution in [0.4, 0.5) is 4.39 Å². The van der Waals surface area contributed by atoms with Gasteiger partial charge in [-0.2, -0.15) is 0 Å². The predicted octanol–water partition coefficient (Wildman–Crippen LogP) is 4.33. The summed E-state index contributed by atoms with van der Waals surface area (Å²) < 4.78 is 12.0. The number of hydrogen-bond donors (Lipinski definition) is 0.